The molecule has 2 heterocycles. The minimum atomic E-state index is -0.414. The number of amides is 2. The van der Waals surface area contributed by atoms with Crippen molar-refractivity contribution < 1.29 is 14.0 Å². The van der Waals surface area contributed by atoms with Gasteiger partial charge < -0.3 is 10.2 Å². The fourth-order valence-electron chi connectivity index (χ4n) is 2.98. The molecule has 4 nitrogen and oxygen atoms in total. The number of aryl methyl sites for hydroxylation is 1. The van der Waals surface area contributed by atoms with Crippen LogP contribution in [0.4, 0.5) is 4.39 Å². The van der Waals surface area contributed by atoms with Crippen molar-refractivity contribution in [3.63, 3.8) is 0 Å². The number of hydrogen-bond donors (Lipinski definition) is 1. The Morgan fingerprint density at radius 2 is 2.08 bits per heavy atom. The molecule has 126 valence electrons. The maximum atomic E-state index is 13.1. The summed E-state index contributed by atoms with van der Waals surface area (Å²) in [6, 6.07) is 7.70. The number of nitrogens with zero attached hydrogens (tertiary/aromatic N) is 1. The van der Waals surface area contributed by atoms with Crippen LogP contribution in [0.15, 0.2) is 30.3 Å². The lowest BCUT2D eigenvalue weighted by Gasteiger charge is -2.34. The van der Waals surface area contributed by atoms with Crippen molar-refractivity contribution in [1.29, 1.82) is 0 Å². The van der Waals surface area contributed by atoms with Crippen molar-refractivity contribution in [1.82, 2.24) is 10.2 Å². The highest BCUT2D eigenvalue weighted by molar-refractivity contribution is 7.17. The molecule has 0 radical (unpaired) electrons. The normalized spacial score (nSPS) is 17.7. The molecule has 1 fully saturated rings. The van der Waals surface area contributed by atoms with E-state index in [0.29, 0.717) is 24.4 Å². The van der Waals surface area contributed by atoms with Crippen LogP contribution in [-0.4, -0.2) is 35.8 Å². The number of halogens is 1. The van der Waals surface area contributed by atoms with Gasteiger partial charge in [0.05, 0.1) is 4.88 Å². The monoisotopic (exact) mass is 346 g/mol. The molecular formula is C18H19FN2O2S. The quantitative estimate of drug-likeness (QED) is 0.928. The van der Waals surface area contributed by atoms with E-state index in [1.807, 2.05) is 19.9 Å². The number of piperazine rings is 1. The number of thiophene rings is 1. The van der Waals surface area contributed by atoms with Crippen LogP contribution in [0.2, 0.25) is 0 Å². The highest BCUT2D eigenvalue weighted by Gasteiger charge is 2.33. The Bertz CT molecular complexity index is 770. The van der Waals surface area contributed by atoms with Crippen LogP contribution in [0, 0.1) is 12.7 Å². The first kappa shape index (κ1) is 16.6. The van der Waals surface area contributed by atoms with Crippen molar-refractivity contribution in [3.8, 4) is 10.4 Å². The average molecular weight is 346 g/mol. The maximum Gasteiger partial charge on any atom is 0.264 e. The third-order valence-corrected chi connectivity index (χ3v) is 5.49. The molecule has 1 aliphatic rings. The largest absolute Gasteiger partial charge is 0.353 e. The van der Waals surface area contributed by atoms with Gasteiger partial charge >= 0.3 is 0 Å². The van der Waals surface area contributed by atoms with Gasteiger partial charge in [0.2, 0.25) is 5.91 Å². The zero-order valence-corrected chi connectivity index (χ0v) is 14.5. The van der Waals surface area contributed by atoms with Gasteiger partial charge in [-0.2, -0.15) is 0 Å². The molecule has 3 rings (SSSR count). The molecule has 1 N–H and O–H groups in total. The minimum Gasteiger partial charge on any atom is -0.353 e. The van der Waals surface area contributed by atoms with Crippen molar-refractivity contribution in [2.75, 3.05) is 13.1 Å². The molecule has 1 aliphatic heterocycles. The molecule has 1 unspecified atom stereocenters. The van der Waals surface area contributed by atoms with Crippen LogP contribution in [0.1, 0.15) is 28.6 Å². The molecule has 0 saturated carbocycles. The second-order valence-electron chi connectivity index (χ2n) is 5.84. The SMILES string of the molecule is CCC1C(=O)NCCN1C(=O)c1cc(C)c(-c2ccc(F)cc2)s1. The second kappa shape index (κ2) is 6.73. The molecule has 2 amide bonds. The summed E-state index contributed by atoms with van der Waals surface area (Å²) in [4.78, 5) is 28.0. The topological polar surface area (TPSA) is 49.4 Å². The van der Waals surface area contributed by atoms with E-state index in [-0.39, 0.29) is 17.6 Å². The number of carbonyl (C=O) groups is 2. The summed E-state index contributed by atoms with van der Waals surface area (Å²) < 4.78 is 13.1. The maximum absolute atomic E-state index is 13.1. The van der Waals surface area contributed by atoms with E-state index in [4.69, 9.17) is 0 Å². The highest BCUT2D eigenvalue weighted by atomic mass is 32.1. The fraction of sp³-hybridized carbons (Fsp3) is 0.333. The molecule has 1 aromatic carbocycles. The van der Waals surface area contributed by atoms with Crippen LogP contribution >= 0.6 is 11.3 Å². The lowest BCUT2D eigenvalue weighted by molar-refractivity contribution is -0.127. The standard InChI is InChI=1S/C18H19FN2O2S/c1-3-14-17(22)20-8-9-21(14)18(23)15-10-11(2)16(24-15)12-4-6-13(19)7-5-12/h4-7,10,14H,3,8-9H2,1-2H3,(H,20,22). The summed E-state index contributed by atoms with van der Waals surface area (Å²) >= 11 is 1.39. The molecule has 1 aromatic heterocycles. The number of rotatable bonds is 3. The smallest absolute Gasteiger partial charge is 0.264 e. The molecule has 6 heteroatoms. The van der Waals surface area contributed by atoms with Gasteiger partial charge in [-0.1, -0.05) is 19.1 Å². The van der Waals surface area contributed by atoms with Gasteiger partial charge in [-0.05, 0) is 42.7 Å². The Hall–Kier alpha value is -2.21. The van der Waals surface area contributed by atoms with E-state index in [0.717, 1.165) is 16.0 Å². The summed E-state index contributed by atoms with van der Waals surface area (Å²) in [7, 11) is 0. The van der Waals surface area contributed by atoms with Gasteiger partial charge in [0.1, 0.15) is 11.9 Å². The molecular weight excluding hydrogens is 327 g/mol. The van der Waals surface area contributed by atoms with Crippen LogP contribution in [0.25, 0.3) is 10.4 Å². The zero-order chi connectivity index (χ0) is 17.3. The lowest BCUT2D eigenvalue weighted by Crippen LogP contribution is -2.56. The third-order valence-electron chi connectivity index (χ3n) is 4.21. The van der Waals surface area contributed by atoms with Gasteiger partial charge in [-0.3, -0.25) is 9.59 Å². The molecule has 2 aromatic rings. The molecule has 1 saturated heterocycles. The van der Waals surface area contributed by atoms with Gasteiger partial charge in [-0.15, -0.1) is 11.3 Å². The predicted molar refractivity (Wildman–Crippen MR) is 92.6 cm³/mol. The molecule has 0 spiro atoms. The Morgan fingerprint density at radius 3 is 2.75 bits per heavy atom. The summed E-state index contributed by atoms with van der Waals surface area (Å²) in [6.45, 7) is 4.84. The summed E-state index contributed by atoms with van der Waals surface area (Å²) in [5.74, 6) is -0.489. The van der Waals surface area contributed by atoms with Gasteiger partial charge in [-0.25, -0.2) is 4.39 Å². The molecule has 1 atom stereocenters. The van der Waals surface area contributed by atoms with Gasteiger partial charge in [0, 0.05) is 18.0 Å². The number of nitrogens with one attached hydrogen (secondary N) is 1. The predicted octanol–water partition coefficient (Wildman–Crippen LogP) is 3.21. The average Bonchev–Trinajstić information content (AvgIpc) is 2.96. The number of carbonyl (C=O) groups excluding carboxylic acids is 2. The summed E-state index contributed by atoms with van der Waals surface area (Å²) in [5, 5.41) is 2.80. The van der Waals surface area contributed by atoms with Crippen molar-refractivity contribution in [2.45, 2.75) is 26.3 Å². The van der Waals surface area contributed by atoms with Gasteiger partial charge in [0.25, 0.3) is 5.91 Å². The third kappa shape index (κ3) is 3.06. The highest BCUT2D eigenvalue weighted by Crippen LogP contribution is 2.33. The molecule has 0 bridgehead atoms. The van der Waals surface area contributed by atoms with Crippen molar-refractivity contribution in [2.24, 2.45) is 0 Å². The Labute approximate surface area is 144 Å². The summed E-state index contributed by atoms with van der Waals surface area (Å²) in [5.41, 5.74) is 1.87. The first-order chi connectivity index (χ1) is 11.5. The second-order valence-corrected chi connectivity index (χ2v) is 6.90. The van der Waals surface area contributed by atoms with Crippen molar-refractivity contribution in [3.05, 3.63) is 46.6 Å². The fourth-order valence-corrected chi connectivity index (χ4v) is 4.11. The Morgan fingerprint density at radius 1 is 1.38 bits per heavy atom. The molecule has 24 heavy (non-hydrogen) atoms. The van der Waals surface area contributed by atoms with E-state index in [9.17, 15) is 14.0 Å². The summed E-state index contributed by atoms with van der Waals surface area (Å²) in [6.07, 6.45) is 0.590. The number of benzene rings is 1. The lowest BCUT2D eigenvalue weighted by atomic mass is 10.1. The van der Waals surface area contributed by atoms with E-state index >= 15 is 0 Å². The van der Waals surface area contributed by atoms with Crippen LogP contribution in [0.5, 0.6) is 0 Å². The number of hydrogen-bond acceptors (Lipinski definition) is 3. The first-order valence-electron chi connectivity index (χ1n) is 7.96. The van der Waals surface area contributed by atoms with Crippen molar-refractivity contribution >= 4 is 23.2 Å². The Kier molecular flexibility index (Phi) is 4.66. The van der Waals surface area contributed by atoms with Crippen LogP contribution < -0.4 is 5.32 Å². The first-order valence-corrected chi connectivity index (χ1v) is 8.78. The molecule has 0 aliphatic carbocycles. The van der Waals surface area contributed by atoms with Crippen LogP contribution in [-0.2, 0) is 4.79 Å². The van der Waals surface area contributed by atoms with E-state index in [1.165, 1.54) is 23.5 Å². The van der Waals surface area contributed by atoms with Gasteiger partial charge in [0.15, 0.2) is 0 Å². The van der Waals surface area contributed by atoms with E-state index < -0.39 is 6.04 Å². The zero-order valence-electron chi connectivity index (χ0n) is 13.6. The van der Waals surface area contributed by atoms with E-state index in [1.54, 1.807) is 17.0 Å². The van der Waals surface area contributed by atoms with Crippen LogP contribution in [0.3, 0.4) is 0 Å². The minimum absolute atomic E-state index is 0.0934. The van der Waals surface area contributed by atoms with E-state index in [2.05, 4.69) is 5.32 Å². The Balaban J connectivity index is 1.90.